The zero-order valence-electron chi connectivity index (χ0n) is 12.5. The molecule has 1 aromatic carbocycles. The molecular weight excluding hydrogens is 312 g/mol. The van der Waals surface area contributed by atoms with Gasteiger partial charge in [0.15, 0.2) is 0 Å². The van der Waals surface area contributed by atoms with Gasteiger partial charge in [0.25, 0.3) is 0 Å². The minimum absolute atomic E-state index is 0.656. The van der Waals surface area contributed by atoms with Gasteiger partial charge in [-0.05, 0) is 42.4 Å². The van der Waals surface area contributed by atoms with Crippen molar-refractivity contribution < 1.29 is 0 Å². The standard InChI is InChI=1S/C17H25BrN2/c1-12(2)17-9-19-16(14-6-7-14)11-20(17)10-13-4-3-5-15(18)8-13/h3-5,8,12,14,16-17,19H,6-7,9-11H2,1-2H3. The number of piperazine rings is 1. The summed E-state index contributed by atoms with van der Waals surface area (Å²) >= 11 is 3.59. The van der Waals surface area contributed by atoms with Crippen LogP contribution >= 0.6 is 15.9 Å². The van der Waals surface area contributed by atoms with E-state index in [0.717, 1.165) is 25.0 Å². The lowest BCUT2D eigenvalue weighted by Crippen LogP contribution is -2.58. The summed E-state index contributed by atoms with van der Waals surface area (Å²) in [6.45, 7) is 8.12. The molecule has 1 aliphatic carbocycles. The first kappa shape index (κ1) is 14.6. The fourth-order valence-corrected chi connectivity index (χ4v) is 3.82. The topological polar surface area (TPSA) is 15.3 Å². The van der Waals surface area contributed by atoms with Crippen LogP contribution in [0.25, 0.3) is 0 Å². The van der Waals surface area contributed by atoms with Crippen LogP contribution in [0.3, 0.4) is 0 Å². The normalized spacial score (nSPS) is 28.0. The van der Waals surface area contributed by atoms with E-state index < -0.39 is 0 Å². The molecule has 0 amide bonds. The maximum Gasteiger partial charge on any atom is 0.0247 e. The zero-order chi connectivity index (χ0) is 14.1. The Balaban J connectivity index is 1.71. The molecule has 3 heteroatoms. The average Bonchev–Trinajstić information content (AvgIpc) is 3.22. The third kappa shape index (κ3) is 3.44. The van der Waals surface area contributed by atoms with Crippen LogP contribution in [0.1, 0.15) is 32.3 Å². The van der Waals surface area contributed by atoms with Crippen molar-refractivity contribution >= 4 is 15.9 Å². The summed E-state index contributed by atoms with van der Waals surface area (Å²) in [5.74, 6) is 1.64. The Kier molecular flexibility index (Phi) is 4.49. The maximum atomic E-state index is 3.79. The molecule has 110 valence electrons. The minimum Gasteiger partial charge on any atom is -0.311 e. The smallest absolute Gasteiger partial charge is 0.0247 e. The van der Waals surface area contributed by atoms with E-state index in [4.69, 9.17) is 0 Å². The molecule has 2 unspecified atom stereocenters. The molecule has 1 saturated heterocycles. The summed E-state index contributed by atoms with van der Waals surface area (Å²) in [5.41, 5.74) is 1.42. The van der Waals surface area contributed by atoms with Gasteiger partial charge >= 0.3 is 0 Å². The predicted octanol–water partition coefficient (Wildman–Crippen LogP) is 3.66. The van der Waals surface area contributed by atoms with Gasteiger partial charge in [0, 0.05) is 36.2 Å². The maximum absolute atomic E-state index is 3.79. The fourth-order valence-electron chi connectivity index (χ4n) is 3.38. The van der Waals surface area contributed by atoms with Crippen LogP contribution in [0.15, 0.2) is 28.7 Å². The first-order chi connectivity index (χ1) is 9.63. The molecule has 2 atom stereocenters. The second-order valence-electron chi connectivity index (χ2n) is 6.72. The number of halogens is 1. The van der Waals surface area contributed by atoms with Gasteiger partial charge in [-0.3, -0.25) is 4.90 Å². The third-order valence-corrected chi connectivity index (χ3v) is 5.22. The lowest BCUT2D eigenvalue weighted by molar-refractivity contribution is 0.0852. The van der Waals surface area contributed by atoms with Gasteiger partial charge in [-0.15, -0.1) is 0 Å². The molecule has 2 nitrogen and oxygen atoms in total. The van der Waals surface area contributed by atoms with E-state index in [1.807, 2.05) is 0 Å². The van der Waals surface area contributed by atoms with Crippen molar-refractivity contribution in [2.45, 2.75) is 45.3 Å². The van der Waals surface area contributed by atoms with Crippen molar-refractivity contribution in [3.8, 4) is 0 Å². The molecule has 3 rings (SSSR count). The summed E-state index contributed by atoms with van der Waals surface area (Å²) in [6, 6.07) is 10.1. The van der Waals surface area contributed by atoms with Gasteiger partial charge < -0.3 is 5.32 Å². The number of hydrogen-bond acceptors (Lipinski definition) is 2. The predicted molar refractivity (Wildman–Crippen MR) is 87.7 cm³/mol. The van der Waals surface area contributed by atoms with Gasteiger partial charge in [-0.25, -0.2) is 0 Å². The van der Waals surface area contributed by atoms with E-state index in [9.17, 15) is 0 Å². The van der Waals surface area contributed by atoms with E-state index in [-0.39, 0.29) is 0 Å². The largest absolute Gasteiger partial charge is 0.311 e. The summed E-state index contributed by atoms with van der Waals surface area (Å²) in [6.07, 6.45) is 2.85. The molecule has 2 fully saturated rings. The first-order valence-electron chi connectivity index (χ1n) is 7.85. The minimum atomic E-state index is 0.656. The number of nitrogens with one attached hydrogen (secondary N) is 1. The number of hydrogen-bond donors (Lipinski definition) is 1. The van der Waals surface area contributed by atoms with Crippen molar-refractivity contribution in [3.05, 3.63) is 34.3 Å². The van der Waals surface area contributed by atoms with Crippen LogP contribution in [-0.2, 0) is 6.54 Å². The molecule has 1 aromatic rings. The number of nitrogens with zero attached hydrogens (tertiary/aromatic N) is 1. The summed E-state index contributed by atoms with van der Waals surface area (Å²) in [5, 5.41) is 3.79. The van der Waals surface area contributed by atoms with Crippen molar-refractivity contribution in [2.75, 3.05) is 13.1 Å². The average molecular weight is 337 g/mol. The second-order valence-corrected chi connectivity index (χ2v) is 7.64. The van der Waals surface area contributed by atoms with Crippen molar-refractivity contribution in [1.29, 1.82) is 0 Å². The first-order valence-corrected chi connectivity index (χ1v) is 8.64. The molecule has 0 radical (unpaired) electrons. The summed E-state index contributed by atoms with van der Waals surface area (Å²) < 4.78 is 1.19. The highest BCUT2D eigenvalue weighted by Gasteiger charge is 2.37. The van der Waals surface area contributed by atoms with Gasteiger partial charge in [-0.1, -0.05) is 41.9 Å². The van der Waals surface area contributed by atoms with E-state index in [2.05, 4.69) is 64.3 Å². The Morgan fingerprint density at radius 2 is 2.15 bits per heavy atom. The Bertz CT molecular complexity index is 456. The SMILES string of the molecule is CC(C)C1CNC(C2CC2)CN1Cc1cccc(Br)c1. The van der Waals surface area contributed by atoms with Crippen molar-refractivity contribution in [3.63, 3.8) is 0 Å². The van der Waals surface area contributed by atoms with E-state index in [1.165, 1.54) is 29.4 Å². The van der Waals surface area contributed by atoms with E-state index >= 15 is 0 Å². The summed E-state index contributed by atoms with van der Waals surface area (Å²) in [4.78, 5) is 2.70. The quantitative estimate of drug-likeness (QED) is 0.902. The van der Waals surface area contributed by atoms with Crippen LogP contribution in [-0.4, -0.2) is 30.1 Å². The molecule has 0 aromatic heterocycles. The lowest BCUT2D eigenvalue weighted by Gasteiger charge is -2.42. The van der Waals surface area contributed by atoms with Crippen molar-refractivity contribution in [2.24, 2.45) is 11.8 Å². The van der Waals surface area contributed by atoms with Crippen molar-refractivity contribution in [1.82, 2.24) is 10.2 Å². The molecular formula is C17H25BrN2. The molecule has 0 bridgehead atoms. The highest BCUT2D eigenvalue weighted by atomic mass is 79.9. The molecule has 1 heterocycles. The van der Waals surface area contributed by atoms with Crippen LogP contribution in [0.4, 0.5) is 0 Å². The Labute approximate surface area is 131 Å². The number of benzene rings is 1. The molecule has 1 saturated carbocycles. The number of rotatable bonds is 4. The fraction of sp³-hybridized carbons (Fsp3) is 0.647. The van der Waals surface area contributed by atoms with Crippen LogP contribution < -0.4 is 5.32 Å². The molecule has 1 aliphatic heterocycles. The zero-order valence-corrected chi connectivity index (χ0v) is 14.1. The van der Waals surface area contributed by atoms with E-state index in [0.29, 0.717) is 12.0 Å². The van der Waals surface area contributed by atoms with Gasteiger partial charge in [0.05, 0.1) is 0 Å². The second kappa shape index (κ2) is 6.17. The van der Waals surface area contributed by atoms with Crippen LogP contribution in [0.5, 0.6) is 0 Å². The third-order valence-electron chi connectivity index (χ3n) is 4.72. The lowest BCUT2D eigenvalue weighted by atomic mass is 9.96. The molecule has 20 heavy (non-hydrogen) atoms. The Morgan fingerprint density at radius 3 is 2.80 bits per heavy atom. The van der Waals surface area contributed by atoms with Gasteiger partial charge in [0.2, 0.25) is 0 Å². The van der Waals surface area contributed by atoms with Crippen LogP contribution in [0.2, 0.25) is 0 Å². The molecule has 2 aliphatic rings. The Hall–Kier alpha value is -0.380. The van der Waals surface area contributed by atoms with Crippen LogP contribution in [0, 0.1) is 11.8 Å². The highest BCUT2D eigenvalue weighted by molar-refractivity contribution is 9.10. The Morgan fingerprint density at radius 1 is 1.35 bits per heavy atom. The molecule has 1 N–H and O–H groups in total. The highest BCUT2D eigenvalue weighted by Crippen LogP contribution is 2.35. The molecule has 0 spiro atoms. The van der Waals surface area contributed by atoms with Gasteiger partial charge in [0.1, 0.15) is 0 Å². The monoisotopic (exact) mass is 336 g/mol. The van der Waals surface area contributed by atoms with Gasteiger partial charge in [-0.2, -0.15) is 0 Å². The summed E-state index contributed by atoms with van der Waals surface area (Å²) in [7, 11) is 0. The van der Waals surface area contributed by atoms with E-state index in [1.54, 1.807) is 0 Å².